The second kappa shape index (κ2) is 5.73. The number of carbonyl (C=O) groups excluding carboxylic acids is 2. The number of nitrogens with one attached hydrogen (secondary N) is 1. The molecule has 0 aromatic heterocycles. The first kappa shape index (κ1) is 14.5. The molecule has 0 bridgehead atoms. The molecule has 0 saturated carbocycles. The molecule has 0 saturated heterocycles. The maximum absolute atomic E-state index is 12.4. The summed E-state index contributed by atoms with van der Waals surface area (Å²) in [5.41, 5.74) is 3.51. The summed E-state index contributed by atoms with van der Waals surface area (Å²) >= 11 is 0. The third-order valence-corrected chi connectivity index (χ3v) is 3.80. The van der Waals surface area contributed by atoms with Crippen LogP contribution < -0.4 is 4.90 Å². The molecule has 1 N–H and O–H groups in total. The summed E-state index contributed by atoms with van der Waals surface area (Å²) in [6, 6.07) is 12.7. The molecular formula is C18H18NO3+. The van der Waals surface area contributed by atoms with Crippen LogP contribution in [0.3, 0.4) is 0 Å². The summed E-state index contributed by atoms with van der Waals surface area (Å²) in [7, 11) is 4.00. The first-order chi connectivity index (χ1) is 10.6. The van der Waals surface area contributed by atoms with E-state index >= 15 is 0 Å². The summed E-state index contributed by atoms with van der Waals surface area (Å²) in [6.07, 6.45) is 0. The molecule has 22 heavy (non-hydrogen) atoms. The molecule has 2 aromatic rings. The van der Waals surface area contributed by atoms with E-state index in [0.29, 0.717) is 23.3 Å². The second-order valence-corrected chi connectivity index (χ2v) is 5.73. The highest BCUT2D eigenvalue weighted by molar-refractivity contribution is 6.22. The molecule has 0 spiro atoms. The van der Waals surface area contributed by atoms with Gasteiger partial charge in [0.15, 0.2) is 5.78 Å². The van der Waals surface area contributed by atoms with Crippen molar-refractivity contribution in [3.8, 4) is 11.1 Å². The number of benzene rings is 2. The molecule has 1 aliphatic carbocycles. The number of ketones is 1. The zero-order valence-corrected chi connectivity index (χ0v) is 12.7. The fourth-order valence-electron chi connectivity index (χ4n) is 2.59. The molecule has 0 aliphatic heterocycles. The minimum absolute atomic E-state index is 0.0296. The lowest BCUT2D eigenvalue weighted by Gasteiger charge is -2.08. The Kier molecular flexibility index (Phi) is 3.77. The van der Waals surface area contributed by atoms with E-state index in [1.807, 2.05) is 44.4 Å². The summed E-state index contributed by atoms with van der Waals surface area (Å²) < 4.78 is 5.24. The molecule has 0 fully saturated rings. The first-order valence-corrected chi connectivity index (χ1v) is 7.32. The molecule has 0 unspecified atom stereocenters. The smallest absolute Gasteiger partial charge is 0.338 e. The molecule has 3 rings (SSSR count). The summed E-state index contributed by atoms with van der Waals surface area (Å²) in [4.78, 5) is 25.7. The molecule has 0 radical (unpaired) electrons. The SMILES string of the molecule is C[NH+](C)CCOC(=O)c1ccc2c(c1)C(=O)c1ccccc1-2. The van der Waals surface area contributed by atoms with E-state index < -0.39 is 0 Å². The Morgan fingerprint density at radius 3 is 2.41 bits per heavy atom. The molecule has 4 heteroatoms. The summed E-state index contributed by atoms with van der Waals surface area (Å²) in [5, 5.41) is 0. The summed E-state index contributed by atoms with van der Waals surface area (Å²) in [6.45, 7) is 1.12. The van der Waals surface area contributed by atoms with Crippen molar-refractivity contribution in [2.24, 2.45) is 0 Å². The average molecular weight is 296 g/mol. The van der Waals surface area contributed by atoms with Crippen LogP contribution >= 0.6 is 0 Å². The lowest BCUT2D eigenvalue weighted by molar-refractivity contribution is -0.858. The predicted octanol–water partition coefficient (Wildman–Crippen LogP) is 1.20. The standard InChI is InChI=1S/C18H17NO3/c1-19(2)9-10-22-18(21)12-7-8-14-13-5-3-4-6-15(13)17(20)16(14)11-12/h3-8,11H,9-10H2,1-2H3/p+1. The number of rotatable bonds is 4. The number of fused-ring (bicyclic) bond motifs is 3. The Morgan fingerprint density at radius 1 is 1.00 bits per heavy atom. The van der Waals surface area contributed by atoms with Gasteiger partial charge in [0.25, 0.3) is 0 Å². The fourth-order valence-corrected chi connectivity index (χ4v) is 2.59. The van der Waals surface area contributed by atoms with Crippen LogP contribution in [0.4, 0.5) is 0 Å². The number of hydrogen-bond donors (Lipinski definition) is 1. The quantitative estimate of drug-likeness (QED) is 0.736. The molecule has 4 nitrogen and oxygen atoms in total. The molecule has 0 atom stereocenters. The Hall–Kier alpha value is -2.46. The minimum Gasteiger partial charge on any atom is -0.456 e. The number of hydrogen-bond acceptors (Lipinski definition) is 3. The maximum Gasteiger partial charge on any atom is 0.338 e. The maximum atomic E-state index is 12.4. The number of ether oxygens (including phenoxy) is 1. The van der Waals surface area contributed by atoms with Crippen molar-refractivity contribution in [3.63, 3.8) is 0 Å². The Bertz CT molecular complexity index is 750. The summed E-state index contributed by atoms with van der Waals surface area (Å²) in [5.74, 6) is -0.411. The molecule has 2 aromatic carbocycles. The van der Waals surface area contributed by atoms with Crippen LogP contribution in [-0.4, -0.2) is 39.0 Å². The number of carbonyl (C=O) groups is 2. The molecular weight excluding hydrogens is 278 g/mol. The lowest BCUT2D eigenvalue weighted by atomic mass is 10.0. The topological polar surface area (TPSA) is 47.8 Å². The van der Waals surface area contributed by atoms with Gasteiger partial charge in [-0.1, -0.05) is 30.3 Å². The fraction of sp³-hybridized carbons (Fsp3) is 0.222. The van der Waals surface area contributed by atoms with Crippen LogP contribution in [0.5, 0.6) is 0 Å². The number of quaternary nitrogens is 1. The van der Waals surface area contributed by atoms with Crippen LogP contribution in [0.1, 0.15) is 26.3 Å². The molecule has 0 heterocycles. The Balaban J connectivity index is 1.84. The van der Waals surface area contributed by atoms with E-state index in [4.69, 9.17) is 4.74 Å². The van der Waals surface area contributed by atoms with Gasteiger partial charge in [0.2, 0.25) is 0 Å². The van der Waals surface area contributed by atoms with Gasteiger partial charge >= 0.3 is 5.97 Å². The van der Waals surface area contributed by atoms with Crippen molar-refractivity contribution in [1.82, 2.24) is 0 Å². The van der Waals surface area contributed by atoms with Gasteiger partial charge in [-0.2, -0.15) is 0 Å². The van der Waals surface area contributed by atoms with E-state index in [9.17, 15) is 9.59 Å². The monoisotopic (exact) mass is 296 g/mol. The van der Waals surface area contributed by atoms with Crippen LogP contribution in [0.15, 0.2) is 42.5 Å². The predicted molar refractivity (Wildman–Crippen MR) is 83.3 cm³/mol. The largest absolute Gasteiger partial charge is 0.456 e. The van der Waals surface area contributed by atoms with Crippen LogP contribution in [0.2, 0.25) is 0 Å². The van der Waals surface area contributed by atoms with Gasteiger partial charge in [-0.3, -0.25) is 4.79 Å². The number of likely N-dealkylation sites (N-methyl/N-ethyl adjacent to an activating group) is 1. The highest BCUT2D eigenvalue weighted by Crippen LogP contribution is 2.36. The second-order valence-electron chi connectivity index (χ2n) is 5.73. The van der Waals surface area contributed by atoms with E-state index in [1.54, 1.807) is 12.1 Å². The van der Waals surface area contributed by atoms with E-state index in [2.05, 4.69) is 0 Å². The van der Waals surface area contributed by atoms with Crippen molar-refractivity contribution in [1.29, 1.82) is 0 Å². The molecule has 112 valence electrons. The first-order valence-electron chi connectivity index (χ1n) is 7.32. The van der Waals surface area contributed by atoms with E-state index in [-0.39, 0.29) is 11.8 Å². The van der Waals surface area contributed by atoms with Gasteiger partial charge in [0, 0.05) is 11.1 Å². The van der Waals surface area contributed by atoms with Crippen molar-refractivity contribution in [2.45, 2.75) is 0 Å². The molecule has 0 amide bonds. The van der Waals surface area contributed by atoms with Gasteiger partial charge in [-0.25, -0.2) is 4.79 Å². The third kappa shape index (κ3) is 2.53. The highest BCUT2D eigenvalue weighted by atomic mass is 16.5. The van der Waals surface area contributed by atoms with Crippen molar-refractivity contribution in [2.75, 3.05) is 27.2 Å². The highest BCUT2D eigenvalue weighted by Gasteiger charge is 2.27. The lowest BCUT2D eigenvalue weighted by Crippen LogP contribution is -3.06. The third-order valence-electron chi connectivity index (χ3n) is 3.80. The van der Waals surface area contributed by atoms with Crippen LogP contribution in [0.25, 0.3) is 11.1 Å². The van der Waals surface area contributed by atoms with E-state index in [0.717, 1.165) is 17.7 Å². The van der Waals surface area contributed by atoms with Gasteiger partial charge < -0.3 is 9.64 Å². The van der Waals surface area contributed by atoms with Gasteiger partial charge in [-0.05, 0) is 23.3 Å². The molecule has 1 aliphatic rings. The van der Waals surface area contributed by atoms with Crippen molar-refractivity contribution < 1.29 is 19.2 Å². The normalized spacial score (nSPS) is 12.2. The zero-order chi connectivity index (χ0) is 15.7. The van der Waals surface area contributed by atoms with Crippen LogP contribution in [-0.2, 0) is 4.74 Å². The Morgan fingerprint density at radius 2 is 1.68 bits per heavy atom. The number of esters is 1. The van der Waals surface area contributed by atoms with Gasteiger partial charge in [0.1, 0.15) is 13.2 Å². The Labute approximate surface area is 129 Å². The van der Waals surface area contributed by atoms with E-state index in [1.165, 1.54) is 4.90 Å². The average Bonchev–Trinajstić information content (AvgIpc) is 2.80. The van der Waals surface area contributed by atoms with Gasteiger partial charge in [-0.15, -0.1) is 0 Å². The van der Waals surface area contributed by atoms with Crippen molar-refractivity contribution in [3.05, 3.63) is 59.2 Å². The van der Waals surface area contributed by atoms with Gasteiger partial charge in [0.05, 0.1) is 19.7 Å². The minimum atomic E-state index is -0.382. The van der Waals surface area contributed by atoms with Crippen molar-refractivity contribution >= 4 is 11.8 Å². The van der Waals surface area contributed by atoms with Crippen LogP contribution in [0, 0.1) is 0 Å². The zero-order valence-electron chi connectivity index (χ0n) is 12.7.